The Bertz CT molecular complexity index is 690. The number of ketones is 1. The van der Waals surface area contributed by atoms with Gasteiger partial charge in [-0.25, -0.2) is 4.99 Å². The molecule has 0 N–H and O–H groups in total. The van der Waals surface area contributed by atoms with Gasteiger partial charge in [0.05, 0.1) is 4.92 Å². The molecule has 0 amide bonds. The number of benzene rings is 1. The molecule has 2 rings (SSSR count). The smallest absolute Gasteiger partial charge is 0.327 e. The van der Waals surface area contributed by atoms with Crippen LogP contribution < -0.4 is 0 Å². The molecule has 108 valence electrons. The van der Waals surface area contributed by atoms with Gasteiger partial charge in [-0.15, -0.1) is 0 Å². The first-order valence-electron chi connectivity index (χ1n) is 6.12. The standard InChI is InChI=1S/C14H12N2O5/c1-8-7-12(17)13(14(18)21-8)9(2)15-10-5-3-4-6-11(10)16(19)20/h3-7,13H,1-2H3/t13-/m1/s1. The van der Waals surface area contributed by atoms with Crippen molar-refractivity contribution in [2.24, 2.45) is 10.9 Å². The molecule has 0 fully saturated rings. The molecule has 1 aliphatic heterocycles. The Labute approximate surface area is 120 Å². The lowest BCUT2D eigenvalue weighted by Crippen LogP contribution is -2.34. The fourth-order valence-corrected chi connectivity index (χ4v) is 1.99. The van der Waals surface area contributed by atoms with Crippen LogP contribution in [0.25, 0.3) is 0 Å². The van der Waals surface area contributed by atoms with Crippen molar-refractivity contribution < 1.29 is 19.2 Å². The Kier molecular flexibility index (Phi) is 3.93. The maximum absolute atomic E-state index is 11.9. The van der Waals surface area contributed by atoms with Gasteiger partial charge in [-0.1, -0.05) is 12.1 Å². The van der Waals surface area contributed by atoms with E-state index in [0.717, 1.165) is 0 Å². The number of allylic oxidation sites excluding steroid dienone is 2. The lowest BCUT2D eigenvalue weighted by molar-refractivity contribution is -0.384. The number of hydrogen-bond acceptors (Lipinski definition) is 6. The zero-order valence-corrected chi connectivity index (χ0v) is 11.4. The largest absolute Gasteiger partial charge is 0.430 e. The average molecular weight is 288 g/mol. The first kappa shape index (κ1) is 14.6. The van der Waals surface area contributed by atoms with Gasteiger partial charge in [0.2, 0.25) is 0 Å². The van der Waals surface area contributed by atoms with Crippen molar-refractivity contribution >= 4 is 28.8 Å². The van der Waals surface area contributed by atoms with Gasteiger partial charge in [0.25, 0.3) is 5.69 Å². The predicted octanol–water partition coefficient (Wildman–Crippen LogP) is 2.33. The number of nitrogens with zero attached hydrogens (tertiary/aromatic N) is 2. The van der Waals surface area contributed by atoms with Crippen molar-refractivity contribution in [3.63, 3.8) is 0 Å². The van der Waals surface area contributed by atoms with Gasteiger partial charge in [0.1, 0.15) is 11.4 Å². The van der Waals surface area contributed by atoms with E-state index in [1.54, 1.807) is 6.07 Å². The lowest BCUT2D eigenvalue weighted by atomic mass is 9.96. The summed E-state index contributed by atoms with van der Waals surface area (Å²) in [6.07, 6.45) is 1.21. The summed E-state index contributed by atoms with van der Waals surface area (Å²) in [4.78, 5) is 38.0. The fraction of sp³-hybridized carbons (Fsp3) is 0.214. The molecule has 0 unspecified atom stereocenters. The molecule has 0 radical (unpaired) electrons. The van der Waals surface area contributed by atoms with E-state index in [1.165, 1.54) is 38.1 Å². The van der Waals surface area contributed by atoms with E-state index in [9.17, 15) is 19.7 Å². The minimum absolute atomic E-state index is 0.0897. The molecular weight excluding hydrogens is 276 g/mol. The highest BCUT2D eigenvalue weighted by atomic mass is 16.6. The minimum Gasteiger partial charge on any atom is -0.430 e. The molecule has 7 nitrogen and oxygen atoms in total. The summed E-state index contributed by atoms with van der Waals surface area (Å²) < 4.78 is 4.89. The van der Waals surface area contributed by atoms with Crippen LogP contribution in [-0.4, -0.2) is 22.4 Å². The van der Waals surface area contributed by atoms with E-state index >= 15 is 0 Å². The first-order valence-corrected chi connectivity index (χ1v) is 6.12. The molecule has 0 aromatic heterocycles. The van der Waals surface area contributed by atoms with Crippen LogP contribution in [0, 0.1) is 16.0 Å². The van der Waals surface area contributed by atoms with Gasteiger partial charge in [0, 0.05) is 17.9 Å². The molecule has 0 saturated carbocycles. The van der Waals surface area contributed by atoms with E-state index in [4.69, 9.17) is 4.74 Å². The van der Waals surface area contributed by atoms with Gasteiger partial charge in [-0.05, 0) is 19.9 Å². The predicted molar refractivity (Wildman–Crippen MR) is 74.2 cm³/mol. The Hall–Kier alpha value is -2.83. The van der Waals surface area contributed by atoms with Crippen LogP contribution in [0.3, 0.4) is 0 Å². The normalized spacial score (nSPS) is 19.0. The minimum atomic E-state index is -1.16. The molecular formula is C14H12N2O5. The van der Waals surface area contributed by atoms with E-state index in [0.29, 0.717) is 0 Å². The van der Waals surface area contributed by atoms with Crippen molar-refractivity contribution in [1.82, 2.24) is 0 Å². The van der Waals surface area contributed by atoms with E-state index in [2.05, 4.69) is 4.99 Å². The number of hydrogen-bond donors (Lipinski definition) is 0. The number of esters is 1. The van der Waals surface area contributed by atoms with Crippen LogP contribution in [-0.2, 0) is 14.3 Å². The molecule has 1 aliphatic rings. The second kappa shape index (κ2) is 5.66. The van der Waals surface area contributed by atoms with Crippen molar-refractivity contribution in [1.29, 1.82) is 0 Å². The van der Waals surface area contributed by atoms with Crippen LogP contribution in [0.4, 0.5) is 11.4 Å². The molecule has 1 heterocycles. The third-order valence-electron chi connectivity index (χ3n) is 2.92. The summed E-state index contributed by atoms with van der Waals surface area (Å²) >= 11 is 0. The number of nitro groups is 1. The summed E-state index contributed by atoms with van der Waals surface area (Å²) in [6, 6.07) is 5.85. The average Bonchev–Trinajstić information content (AvgIpc) is 2.37. The summed E-state index contributed by atoms with van der Waals surface area (Å²) in [5, 5.41) is 10.9. The van der Waals surface area contributed by atoms with E-state index in [1.807, 2.05) is 0 Å². The van der Waals surface area contributed by atoms with Crippen LogP contribution in [0.5, 0.6) is 0 Å². The number of carbonyl (C=O) groups is 2. The summed E-state index contributed by atoms with van der Waals surface area (Å²) in [6.45, 7) is 2.97. The highest BCUT2D eigenvalue weighted by molar-refractivity contribution is 6.23. The summed E-state index contributed by atoms with van der Waals surface area (Å²) in [5.41, 5.74) is 0.0510. The second-order valence-electron chi connectivity index (χ2n) is 4.51. The quantitative estimate of drug-likeness (QED) is 0.279. The van der Waals surface area contributed by atoms with Gasteiger partial charge in [0.15, 0.2) is 11.7 Å². The maximum Gasteiger partial charge on any atom is 0.327 e. The van der Waals surface area contributed by atoms with E-state index < -0.39 is 22.6 Å². The zero-order valence-electron chi connectivity index (χ0n) is 11.4. The summed E-state index contributed by atoms with van der Waals surface area (Å²) in [5.74, 6) is -2.10. The van der Waals surface area contributed by atoms with E-state index in [-0.39, 0.29) is 22.8 Å². The monoisotopic (exact) mass is 288 g/mol. The second-order valence-corrected chi connectivity index (χ2v) is 4.51. The van der Waals surface area contributed by atoms with Crippen LogP contribution in [0.15, 0.2) is 41.1 Å². The van der Waals surface area contributed by atoms with Gasteiger partial charge in [-0.3, -0.25) is 19.7 Å². The number of aliphatic imine (C=N–C) groups is 1. The molecule has 0 aliphatic carbocycles. The van der Waals surface area contributed by atoms with Gasteiger partial charge >= 0.3 is 5.97 Å². The molecule has 21 heavy (non-hydrogen) atoms. The Morgan fingerprint density at radius 3 is 2.62 bits per heavy atom. The van der Waals surface area contributed by atoms with Crippen LogP contribution in [0.1, 0.15) is 13.8 Å². The van der Waals surface area contributed by atoms with Crippen molar-refractivity contribution in [2.75, 3.05) is 0 Å². The van der Waals surface area contributed by atoms with Crippen LogP contribution >= 0.6 is 0 Å². The SMILES string of the molecule is CC1=CC(=O)[C@@H](C(C)=Nc2ccccc2[N+](=O)[O-])C(=O)O1. The third-order valence-corrected chi connectivity index (χ3v) is 2.92. The highest BCUT2D eigenvalue weighted by Gasteiger charge is 2.34. The number of ether oxygens (including phenoxy) is 1. The first-order chi connectivity index (χ1) is 9.90. The number of cyclic esters (lactones) is 1. The van der Waals surface area contributed by atoms with Crippen molar-refractivity contribution in [2.45, 2.75) is 13.8 Å². The van der Waals surface area contributed by atoms with Crippen molar-refractivity contribution in [3.8, 4) is 0 Å². The Balaban J connectivity index is 2.40. The number of para-hydroxylation sites is 2. The van der Waals surface area contributed by atoms with Crippen molar-refractivity contribution in [3.05, 3.63) is 46.2 Å². The van der Waals surface area contributed by atoms with Gasteiger partial charge in [-0.2, -0.15) is 0 Å². The number of carbonyl (C=O) groups excluding carboxylic acids is 2. The molecule has 0 bridgehead atoms. The molecule has 1 atom stereocenters. The lowest BCUT2D eigenvalue weighted by Gasteiger charge is -2.18. The molecule has 7 heteroatoms. The molecule has 1 aromatic rings. The maximum atomic E-state index is 11.9. The van der Waals surface area contributed by atoms with Gasteiger partial charge < -0.3 is 4.74 Å². The number of nitro benzene ring substituents is 1. The fourth-order valence-electron chi connectivity index (χ4n) is 1.99. The highest BCUT2D eigenvalue weighted by Crippen LogP contribution is 2.28. The van der Waals surface area contributed by atoms with Crippen LogP contribution in [0.2, 0.25) is 0 Å². The Morgan fingerprint density at radius 1 is 1.33 bits per heavy atom. The Morgan fingerprint density at radius 2 is 2.00 bits per heavy atom. The third kappa shape index (κ3) is 3.02. The molecule has 0 spiro atoms. The topological polar surface area (TPSA) is 98.9 Å². The zero-order chi connectivity index (χ0) is 15.6. The number of rotatable bonds is 3. The summed E-state index contributed by atoms with van der Waals surface area (Å²) in [7, 11) is 0. The molecule has 0 saturated heterocycles. The molecule has 1 aromatic carbocycles.